The number of benzene rings is 2. The van der Waals surface area contributed by atoms with Gasteiger partial charge in [-0.15, -0.1) is 0 Å². The van der Waals surface area contributed by atoms with E-state index in [-0.39, 0.29) is 5.75 Å². The molecular weight excluding hydrogens is 222 g/mol. The Morgan fingerprint density at radius 1 is 1.06 bits per heavy atom. The van der Waals surface area contributed by atoms with Crippen LogP contribution in [0.4, 0.5) is 5.69 Å². The van der Waals surface area contributed by atoms with Gasteiger partial charge in [-0.05, 0) is 44.5 Å². The van der Waals surface area contributed by atoms with Crippen LogP contribution in [0, 0.1) is 13.8 Å². The molecular formula is C16H17NO. The maximum absolute atomic E-state index is 9.87. The number of aromatic hydroxyl groups is 1. The Balaban J connectivity index is 2.45. The quantitative estimate of drug-likeness (QED) is 0.784. The van der Waals surface area contributed by atoms with Crippen molar-refractivity contribution < 1.29 is 5.11 Å². The Hall–Kier alpha value is -2.09. The zero-order valence-corrected chi connectivity index (χ0v) is 10.9. The molecule has 0 aliphatic heterocycles. The van der Waals surface area contributed by atoms with Gasteiger partial charge in [-0.2, -0.15) is 0 Å². The summed E-state index contributed by atoms with van der Waals surface area (Å²) in [7, 11) is 0. The van der Waals surface area contributed by atoms with E-state index in [1.165, 1.54) is 0 Å². The molecule has 0 bridgehead atoms. The summed E-state index contributed by atoms with van der Waals surface area (Å²) in [5.41, 5.74) is 4.80. The van der Waals surface area contributed by atoms with Crippen molar-refractivity contribution in [2.45, 2.75) is 20.8 Å². The zero-order valence-electron chi connectivity index (χ0n) is 10.9. The Kier molecular flexibility index (Phi) is 3.47. The molecule has 0 fully saturated rings. The molecule has 0 unspecified atom stereocenters. The minimum Gasteiger partial charge on any atom is -0.507 e. The number of para-hydroxylation sites is 1. The molecule has 0 aromatic heterocycles. The van der Waals surface area contributed by atoms with E-state index in [1.807, 2.05) is 57.2 Å². The fraction of sp³-hybridized carbons (Fsp3) is 0.188. The lowest BCUT2D eigenvalue weighted by Crippen LogP contribution is -1.95. The highest BCUT2D eigenvalue weighted by Gasteiger charge is 2.05. The minimum atomic E-state index is 0.274. The predicted molar refractivity (Wildman–Crippen MR) is 75.9 cm³/mol. The van der Waals surface area contributed by atoms with Gasteiger partial charge in [0.1, 0.15) is 5.75 Å². The van der Waals surface area contributed by atoms with E-state index in [2.05, 4.69) is 4.99 Å². The summed E-state index contributed by atoms with van der Waals surface area (Å²) in [5, 5.41) is 9.87. The van der Waals surface area contributed by atoms with E-state index in [9.17, 15) is 5.11 Å². The lowest BCUT2D eigenvalue weighted by atomic mass is 10.1. The Labute approximate surface area is 108 Å². The first-order valence-corrected chi connectivity index (χ1v) is 5.99. The fourth-order valence-corrected chi connectivity index (χ4v) is 1.87. The van der Waals surface area contributed by atoms with Crippen molar-refractivity contribution in [1.82, 2.24) is 0 Å². The van der Waals surface area contributed by atoms with Crippen LogP contribution in [0.3, 0.4) is 0 Å². The van der Waals surface area contributed by atoms with Gasteiger partial charge in [0.15, 0.2) is 0 Å². The van der Waals surface area contributed by atoms with Crippen LogP contribution in [-0.2, 0) is 0 Å². The van der Waals surface area contributed by atoms with Gasteiger partial charge in [-0.3, -0.25) is 4.99 Å². The Morgan fingerprint density at radius 2 is 1.78 bits per heavy atom. The molecule has 0 heterocycles. The molecule has 2 rings (SSSR count). The molecule has 0 aliphatic carbocycles. The van der Waals surface area contributed by atoms with Gasteiger partial charge in [0, 0.05) is 11.3 Å². The van der Waals surface area contributed by atoms with Crippen molar-refractivity contribution >= 4 is 11.4 Å². The largest absolute Gasteiger partial charge is 0.507 e. The first-order valence-electron chi connectivity index (χ1n) is 5.99. The molecule has 0 aliphatic rings. The molecule has 92 valence electrons. The second-order valence-corrected chi connectivity index (χ2v) is 4.50. The van der Waals surface area contributed by atoms with Crippen molar-refractivity contribution in [2.24, 2.45) is 4.99 Å². The first kappa shape index (κ1) is 12.4. The van der Waals surface area contributed by atoms with Crippen molar-refractivity contribution in [1.29, 1.82) is 0 Å². The monoisotopic (exact) mass is 239 g/mol. The van der Waals surface area contributed by atoms with E-state index in [0.717, 1.165) is 28.1 Å². The van der Waals surface area contributed by atoms with Gasteiger partial charge in [0.05, 0.1) is 5.69 Å². The van der Waals surface area contributed by atoms with Crippen LogP contribution in [0.5, 0.6) is 5.75 Å². The number of hydrogen-bond acceptors (Lipinski definition) is 2. The SMILES string of the molecule is CC(=Nc1ccccc1C)c1cc(C)ccc1O. The topological polar surface area (TPSA) is 32.6 Å². The third-order valence-electron chi connectivity index (χ3n) is 2.95. The van der Waals surface area contributed by atoms with Gasteiger partial charge >= 0.3 is 0 Å². The highest BCUT2D eigenvalue weighted by atomic mass is 16.3. The van der Waals surface area contributed by atoms with Crippen molar-refractivity contribution in [2.75, 3.05) is 0 Å². The van der Waals surface area contributed by atoms with E-state index < -0.39 is 0 Å². The molecule has 2 heteroatoms. The first-order chi connectivity index (χ1) is 8.58. The summed E-state index contributed by atoms with van der Waals surface area (Å²) in [4.78, 5) is 4.59. The summed E-state index contributed by atoms with van der Waals surface area (Å²) in [5.74, 6) is 0.274. The predicted octanol–water partition coefficient (Wildman–Crippen LogP) is 4.15. The van der Waals surface area contributed by atoms with Gasteiger partial charge in [-0.25, -0.2) is 0 Å². The van der Waals surface area contributed by atoms with E-state index in [4.69, 9.17) is 0 Å². The van der Waals surface area contributed by atoms with Crippen molar-refractivity contribution in [3.63, 3.8) is 0 Å². The normalized spacial score (nSPS) is 11.6. The second-order valence-electron chi connectivity index (χ2n) is 4.50. The molecule has 18 heavy (non-hydrogen) atoms. The average Bonchev–Trinajstić information content (AvgIpc) is 2.35. The average molecular weight is 239 g/mol. The van der Waals surface area contributed by atoms with Gasteiger partial charge in [0.2, 0.25) is 0 Å². The van der Waals surface area contributed by atoms with Crippen LogP contribution in [0.2, 0.25) is 0 Å². The molecule has 0 spiro atoms. The Bertz CT molecular complexity index is 600. The number of nitrogens with zero attached hydrogens (tertiary/aromatic N) is 1. The minimum absolute atomic E-state index is 0.274. The Morgan fingerprint density at radius 3 is 2.50 bits per heavy atom. The van der Waals surface area contributed by atoms with Crippen LogP contribution in [-0.4, -0.2) is 10.8 Å². The number of rotatable bonds is 2. The smallest absolute Gasteiger partial charge is 0.124 e. The van der Waals surface area contributed by atoms with Crippen LogP contribution < -0.4 is 0 Å². The number of aryl methyl sites for hydroxylation is 2. The van der Waals surface area contributed by atoms with Crippen molar-refractivity contribution in [3.8, 4) is 5.75 Å². The fourth-order valence-electron chi connectivity index (χ4n) is 1.87. The highest BCUT2D eigenvalue weighted by Crippen LogP contribution is 2.23. The molecule has 0 amide bonds. The molecule has 2 aromatic carbocycles. The number of phenols is 1. The van der Waals surface area contributed by atoms with E-state index in [1.54, 1.807) is 6.07 Å². The molecule has 1 N–H and O–H groups in total. The highest BCUT2D eigenvalue weighted by molar-refractivity contribution is 6.02. The lowest BCUT2D eigenvalue weighted by molar-refractivity contribution is 0.474. The van der Waals surface area contributed by atoms with Crippen LogP contribution in [0.1, 0.15) is 23.6 Å². The number of hydrogen-bond donors (Lipinski definition) is 1. The van der Waals surface area contributed by atoms with Gasteiger partial charge in [-0.1, -0.05) is 29.8 Å². The number of phenolic OH excluding ortho intramolecular Hbond substituents is 1. The van der Waals surface area contributed by atoms with Crippen LogP contribution >= 0.6 is 0 Å². The summed E-state index contributed by atoms with van der Waals surface area (Å²) in [6.07, 6.45) is 0. The lowest BCUT2D eigenvalue weighted by Gasteiger charge is -2.06. The summed E-state index contributed by atoms with van der Waals surface area (Å²) in [6, 6.07) is 13.5. The van der Waals surface area contributed by atoms with E-state index >= 15 is 0 Å². The maximum Gasteiger partial charge on any atom is 0.124 e. The molecule has 2 aromatic rings. The number of aliphatic imine (C=N–C) groups is 1. The second kappa shape index (κ2) is 5.05. The van der Waals surface area contributed by atoms with Gasteiger partial charge < -0.3 is 5.11 Å². The standard InChI is InChI=1S/C16H17NO/c1-11-8-9-16(18)14(10-11)13(3)17-15-7-5-4-6-12(15)2/h4-10,18H,1-3H3. The van der Waals surface area contributed by atoms with Crippen LogP contribution in [0.15, 0.2) is 47.5 Å². The van der Waals surface area contributed by atoms with Crippen molar-refractivity contribution in [3.05, 3.63) is 59.2 Å². The van der Waals surface area contributed by atoms with Gasteiger partial charge in [0.25, 0.3) is 0 Å². The summed E-state index contributed by atoms with van der Waals surface area (Å²) >= 11 is 0. The third-order valence-corrected chi connectivity index (χ3v) is 2.95. The summed E-state index contributed by atoms with van der Waals surface area (Å²) in [6.45, 7) is 5.95. The van der Waals surface area contributed by atoms with Crippen LogP contribution in [0.25, 0.3) is 0 Å². The zero-order chi connectivity index (χ0) is 13.1. The molecule has 2 nitrogen and oxygen atoms in total. The summed E-state index contributed by atoms with van der Waals surface area (Å²) < 4.78 is 0. The molecule has 0 saturated carbocycles. The molecule has 0 radical (unpaired) electrons. The van der Waals surface area contributed by atoms with E-state index in [0.29, 0.717) is 0 Å². The third kappa shape index (κ3) is 2.59. The molecule has 0 saturated heterocycles. The molecule has 0 atom stereocenters. The maximum atomic E-state index is 9.87.